The van der Waals surface area contributed by atoms with Crippen LogP contribution in [0.25, 0.3) is 0 Å². The zero-order valence-electron chi connectivity index (χ0n) is 8.42. The zero-order valence-corrected chi connectivity index (χ0v) is 9.93. The van der Waals surface area contributed by atoms with Gasteiger partial charge in [0, 0.05) is 5.92 Å². The number of nitrogens with zero attached hydrogens (tertiary/aromatic N) is 2. The van der Waals surface area contributed by atoms with E-state index in [4.69, 9.17) is 23.2 Å². The summed E-state index contributed by atoms with van der Waals surface area (Å²) < 4.78 is 0. The first kappa shape index (κ1) is 12.2. The third-order valence-electron chi connectivity index (χ3n) is 2.05. The summed E-state index contributed by atoms with van der Waals surface area (Å²) in [7, 11) is 0. The first-order chi connectivity index (χ1) is 7.06. The Balaban J connectivity index is 2.81. The maximum absolute atomic E-state index is 11.5. The molecule has 1 rings (SSSR count). The van der Waals surface area contributed by atoms with Gasteiger partial charge in [-0.2, -0.15) is 0 Å². The van der Waals surface area contributed by atoms with E-state index in [1.807, 2.05) is 13.8 Å². The topological polar surface area (TPSA) is 54.9 Å². The molecule has 1 amide bonds. The molecular weight excluding hydrogens is 237 g/mol. The maximum Gasteiger partial charge on any atom is 0.228 e. The number of rotatable bonds is 3. The van der Waals surface area contributed by atoms with Gasteiger partial charge in [0.15, 0.2) is 11.0 Å². The Hall–Kier alpha value is -0.870. The van der Waals surface area contributed by atoms with Gasteiger partial charge >= 0.3 is 0 Å². The monoisotopic (exact) mass is 247 g/mol. The number of aromatic nitrogens is 2. The summed E-state index contributed by atoms with van der Waals surface area (Å²) in [6.45, 7) is 3.75. The fourth-order valence-electron chi connectivity index (χ4n) is 0.861. The van der Waals surface area contributed by atoms with Gasteiger partial charge in [-0.3, -0.25) is 4.79 Å². The van der Waals surface area contributed by atoms with Gasteiger partial charge in [-0.15, -0.1) is 0 Å². The van der Waals surface area contributed by atoms with E-state index >= 15 is 0 Å². The quantitative estimate of drug-likeness (QED) is 0.836. The molecule has 1 aromatic rings. The van der Waals surface area contributed by atoms with Gasteiger partial charge in [0.1, 0.15) is 11.3 Å². The van der Waals surface area contributed by atoms with E-state index < -0.39 is 0 Å². The van der Waals surface area contributed by atoms with Gasteiger partial charge < -0.3 is 5.32 Å². The fourth-order valence-corrected chi connectivity index (χ4v) is 1.14. The van der Waals surface area contributed by atoms with Crippen molar-refractivity contribution in [2.24, 2.45) is 5.92 Å². The van der Waals surface area contributed by atoms with Crippen LogP contribution in [-0.4, -0.2) is 15.9 Å². The lowest BCUT2D eigenvalue weighted by molar-refractivity contribution is -0.119. The van der Waals surface area contributed by atoms with E-state index in [0.717, 1.165) is 6.42 Å². The fraction of sp³-hybridized carbons (Fsp3) is 0.444. The molecule has 1 atom stereocenters. The molecule has 4 nitrogen and oxygen atoms in total. The molecule has 0 saturated carbocycles. The van der Waals surface area contributed by atoms with Gasteiger partial charge in [-0.25, -0.2) is 9.97 Å². The van der Waals surface area contributed by atoms with Gasteiger partial charge in [-0.05, 0) is 6.42 Å². The lowest BCUT2D eigenvalue weighted by Crippen LogP contribution is -2.20. The third kappa shape index (κ3) is 3.04. The highest BCUT2D eigenvalue weighted by Crippen LogP contribution is 2.25. The molecule has 0 fully saturated rings. The number of amides is 1. The predicted molar refractivity (Wildman–Crippen MR) is 60.1 cm³/mol. The molecule has 0 aliphatic heterocycles. The Kier molecular flexibility index (Phi) is 4.29. The van der Waals surface area contributed by atoms with Crippen molar-refractivity contribution in [3.63, 3.8) is 0 Å². The summed E-state index contributed by atoms with van der Waals surface area (Å²) in [6, 6.07) is 0. The molecular formula is C9H11Cl2N3O. The van der Waals surface area contributed by atoms with Crippen LogP contribution in [0.15, 0.2) is 6.33 Å². The summed E-state index contributed by atoms with van der Waals surface area (Å²) >= 11 is 11.5. The molecule has 15 heavy (non-hydrogen) atoms. The maximum atomic E-state index is 11.5. The van der Waals surface area contributed by atoms with E-state index in [1.165, 1.54) is 6.33 Å². The zero-order chi connectivity index (χ0) is 11.4. The highest BCUT2D eigenvalue weighted by Gasteiger charge is 2.14. The van der Waals surface area contributed by atoms with Crippen molar-refractivity contribution in [3.05, 3.63) is 16.5 Å². The van der Waals surface area contributed by atoms with Crippen molar-refractivity contribution in [2.75, 3.05) is 5.32 Å². The van der Waals surface area contributed by atoms with E-state index in [2.05, 4.69) is 15.3 Å². The van der Waals surface area contributed by atoms with Crippen LogP contribution in [0.2, 0.25) is 10.2 Å². The van der Waals surface area contributed by atoms with E-state index in [0.29, 0.717) is 0 Å². The number of carbonyl (C=O) groups excluding carboxylic acids is 1. The first-order valence-electron chi connectivity index (χ1n) is 4.53. The molecule has 0 aliphatic rings. The largest absolute Gasteiger partial charge is 0.309 e. The van der Waals surface area contributed by atoms with Crippen LogP contribution in [0.4, 0.5) is 5.82 Å². The third-order valence-corrected chi connectivity index (χ3v) is 2.79. The van der Waals surface area contributed by atoms with Gasteiger partial charge in [0.2, 0.25) is 5.91 Å². The van der Waals surface area contributed by atoms with E-state index in [9.17, 15) is 4.79 Å². The highest BCUT2D eigenvalue weighted by atomic mass is 35.5. The Bertz CT molecular complexity index is 370. The molecule has 0 radical (unpaired) electrons. The summed E-state index contributed by atoms with van der Waals surface area (Å²) in [5, 5.41) is 2.89. The Labute approximate surface area is 98.0 Å². The van der Waals surface area contributed by atoms with E-state index in [-0.39, 0.29) is 27.8 Å². The predicted octanol–water partition coefficient (Wildman–Crippen LogP) is 2.77. The second kappa shape index (κ2) is 5.28. The normalized spacial score (nSPS) is 12.3. The van der Waals surface area contributed by atoms with Crippen LogP contribution in [0.5, 0.6) is 0 Å². The van der Waals surface area contributed by atoms with Crippen molar-refractivity contribution in [1.29, 1.82) is 0 Å². The molecule has 1 N–H and O–H groups in total. The molecule has 0 spiro atoms. The van der Waals surface area contributed by atoms with Crippen LogP contribution in [0.1, 0.15) is 20.3 Å². The highest BCUT2D eigenvalue weighted by molar-refractivity contribution is 6.42. The summed E-state index contributed by atoms with van der Waals surface area (Å²) in [5.74, 6) is 0.0333. The van der Waals surface area contributed by atoms with Crippen molar-refractivity contribution >= 4 is 34.9 Å². The van der Waals surface area contributed by atoms with Crippen molar-refractivity contribution in [1.82, 2.24) is 9.97 Å². The van der Waals surface area contributed by atoms with Crippen LogP contribution in [-0.2, 0) is 4.79 Å². The Morgan fingerprint density at radius 2 is 2.20 bits per heavy atom. The lowest BCUT2D eigenvalue weighted by atomic mass is 10.1. The molecule has 0 aromatic carbocycles. The van der Waals surface area contributed by atoms with Crippen molar-refractivity contribution in [2.45, 2.75) is 20.3 Å². The number of nitrogens with one attached hydrogen (secondary N) is 1. The Morgan fingerprint density at radius 3 is 2.80 bits per heavy atom. The molecule has 0 aliphatic carbocycles. The Morgan fingerprint density at radius 1 is 1.53 bits per heavy atom. The first-order valence-corrected chi connectivity index (χ1v) is 5.28. The summed E-state index contributed by atoms with van der Waals surface area (Å²) in [4.78, 5) is 19.1. The average molecular weight is 248 g/mol. The van der Waals surface area contributed by atoms with Crippen molar-refractivity contribution < 1.29 is 4.79 Å². The second-order valence-electron chi connectivity index (χ2n) is 3.13. The van der Waals surface area contributed by atoms with Crippen LogP contribution < -0.4 is 5.32 Å². The standard InChI is InChI=1S/C9H11Cl2N3O/c1-3-5(2)9(15)14-8-6(10)7(11)12-4-13-8/h4-5H,3H2,1-2H3,(H,12,13,14,15). The van der Waals surface area contributed by atoms with E-state index in [1.54, 1.807) is 0 Å². The number of halogens is 2. The van der Waals surface area contributed by atoms with Crippen LogP contribution >= 0.6 is 23.2 Å². The SMILES string of the molecule is CCC(C)C(=O)Nc1ncnc(Cl)c1Cl. The number of hydrogen-bond donors (Lipinski definition) is 1. The number of hydrogen-bond acceptors (Lipinski definition) is 3. The summed E-state index contributed by atoms with van der Waals surface area (Å²) in [6.07, 6.45) is 2.00. The molecule has 6 heteroatoms. The average Bonchev–Trinajstić information content (AvgIpc) is 2.23. The molecule has 1 heterocycles. The minimum Gasteiger partial charge on any atom is -0.309 e. The van der Waals surface area contributed by atoms with Gasteiger partial charge in [-0.1, -0.05) is 37.0 Å². The van der Waals surface area contributed by atoms with Crippen LogP contribution in [0.3, 0.4) is 0 Å². The second-order valence-corrected chi connectivity index (χ2v) is 3.86. The number of anilines is 1. The minimum atomic E-state index is -0.130. The number of carbonyl (C=O) groups is 1. The molecule has 0 bridgehead atoms. The molecule has 1 aromatic heterocycles. The minimum absolute atomic E-state index is 0.0881. The molecule has 0 saturated heterocycles. The van der Waals surface area contributed by atoms with Crippen molar-refractivity contribution in [3.8, 4) is 0 Å². The molecule has 1 unspecified atom stereocenters. The van der Waals surface area contributed by atoms with Gasteiger partial charge in [0.25, 0.3) is 0 Å². The van der Waals surface area contributed by atoms with Gasteiger partial charge in [0.05, 0.1) is 0 Å². The lowest BCUT2D eigenvalue weighted by Gasteiger charge is -2.10. The smallest absolute Gasteiger partial charge is 0.228 e. The summed E-state index contributed by atoms with van der Waals surface area (Å²) in [5.41, 5.74) is 0. The van der Waals surface area contributed by atoms with Crippen LogP contribution in [0, 0.1) is 5.92 Å². The molecule has 82 valence electrons.